The van der Waals surface area contributed by atoms with E-state index in [-0.39, 0.29) is 40.8 Å². The van der Waals surface area contributed by atoms with Gasteiger partial charge in [-0.15, -0.1) is 10.2 Å². The van der Waals surface area contributed by atoms with Gasteiger partial charge in [0.1, 0.15) is 9.90 Å². The Kier molecular flexibility index (Phi) is 7.69. The number of hydrogen-bond donors (Lipinski definition) is 1. The van der Waals surface area contributed by atoms with Gasteiger partial charge in [0.2, 0.25) is 15.2 Å². The van der Waals surface area contributed by atoms with Crippen LogP contribution in [0, 0.1) is 0 Å². The van der Waals surface area contributed by atoms with Crippen LogP contribution in [0.4, 0.5) is 5.13 Å². The number of aromatic nitrogens is 2. The predicted octanol–water partition coefficient (Wildman–Crippen LogP) is 4.15. The summed E-state index contributed by atoms with van der Waals surface area (Å²) in [6.07, 6.45) is 1.42. The summed E-state index contributed by atoms with van der Waals surface area (Å²) in [4.78, 5) is 12.7. The quantitative estimate of drug-likeness (QED) is 0.630. The number of carbonyl (C=O) groups is 1. The first-order valence-electron chi connectivity index (χ1n) is 10.3. The van der Waals surface area contributed by atoms with Crippen molar-refractivity contribution in [2.45, 2.75) is 63.6 Å². The van der Waals surface area contributed by atoms with Crippen molar-refractivity contribution in [3.05, 3.63) is 33.8 Å². The van der Waals surface area contributed by atoms with Crippen LogP contribution in [0.15, 0.2) is 23.1 Å². The molecule has 2 heterocycles. The van der Waals surface area contributed by atoms with Crippen molar-refractivity contribution in [1.29, 1.82) is 0 Å². The van der Waals surface area contributed by atoms with Gasteiger partial charge < -0.3 is 4.74 Å². The van der Waals surface area contributed by atoms with E-state index in [2.05, 4.69) is 29.4 Å². The monoisotopic (exact) mass is 486 g/mol. The Morgan fingerprint density at radius 3 is 2.52 bits per heavy atom. The van der Waals surface area contributed by atoms with Crippen molar-refractivity contribution in [2.24, 2.45) is 0 Å². The van der Waals surface area contributed by atoms with Crippen LogP contribution < -0.4 is 5.32 Å². The summed E-state index contributed by atoms with van der Waals surface area (Å²) < 4.78 is 33.4. The lowest BCUT2D eigenvalue weighted by molar-refractivity contribution is -0.0440. The average Bonchev–Trinajstić information content (AvgIpc) is 3.16. The number of rotatable bonds is 7. The number of nitrogens with one attached hydrogen (secondary N) is 1. The van der Waals surface area contributed by atoms with E-state index in [9.17, 15) is 13.2 Å². The highest BCUT2D eigenvalue weighted by molar-refractivity contribution is 7.89. The minimum Gasteiger partial charge on any atom is -0.373 e. The van der Waals surface area contributed by atoms with Gasteiger partial charge in [-0.3, -0.25) is 10.1 Å². The third-order valence-electron chi connectivity index (χ3n) is 5.19. The molecule has 2 unspecified atom stereocenters. The summed E-state index contributed by atoms with van der Waals surface area (Å²) in [6, 6.07) is 4.22. The van der Waals surface area contributed by atoms with Gasteiger partial charge in [0.05, 0.1) is 17.2 Å². The minimum atomic E-state index is -3.89. The first-order valence-corrected chi connectivity index (χ1v) is 12.9. The molecule has 1 aliphatic rings. The van der Waals surface area contributed by atoms with Crippen molar-refractivity contribution in [3.8, 4) is 0 Å². The largest absolute Gasteiger partial charge is 0.373 e. The number of ether oxygens (including phenoxy) is 1. The Morgan fingerprint density at radius 1 is 1.26 bits per heavy atom. The molecule has 31 heavy (non-hydrogen) atoms. The molecule has 3 rings (SSSR count). The highest BCUT2D eigenvalue weighted by Gasteiger charge is 2.34. The van der Waals surface area contributed by atoms with E-state index >= 15 is 0 Å². The SMILES string of the molecule is CCC(CC)c1nnc(NC(=O)c2ccc(Cl)c(S(=O)(=O)N3CC(C)OC(C)C3)c2)s1. The first kappa shape index (κ1) is 24.1. The Morgan fingerprint density at radius 2 is 1.90 bits per heavy atom. The number of carbonyl (C=O) groups excluding carboxylic acids is 1. The molecule has 1 amide bonds. The fourth-order valence-corrected chi connectivity index (χ4v) is 6.66. The topological polar surface area (TPSA) is 101 Å². The van der Waals surface area contributed by atoms with Crippen LogP contribution in [0.3, 0.4) is 0 Å². The van der Waals surface area contributed by atoms with Gasteiger partial charge in [-0.25, -0.2) is 8.42 Å². The van der Waals surface area contributed by atoms with Gasteiger partial charge in [0.15, 0.2) is 0 Å². The molecular formula is C20H27ClN4O4S2. The molecular weight excluding hydrogens is 460 g/mol. The number of amides is 1. The fraction of sp³-hybridized carbons (Fsp3) is 0.550. The molecule has 0 radical (unpaired) electrons. The number of benzene rings is 1. The van der Waals surface area contributed by atoms with E-state index in [1.807, 2.05) is 13.8 Å². The zero-order valence-electron chi connectivity index (χ0n) is 18.0. The molecule has 1 aromatic heterocycles. The number of nitrogens with zero attached hydrogens (tertiary/aromatic N) is 3. The number of sulfonamides is 1. The number of hydrogen-bond acceptors (Lipinski definition) is 7. The number of anilines is 1. The van der Waals surface area contributed by atoms with E-state index in [1.54, 1.807) is 0 Å². The molecule has 2 aromatic rings. The van der Waals surface area contributed by atoms with Gasteiger partial charge in [-0.1, -0.05) is 36.8 Å². The summed E-state index contributed by atoms with van der Waals surface area (Å²) in [5.41, 5.74) is 0.177. The third-order valence-corrected chi connectivity index (χ3v) is 8.51. The smallest absolute Gasteiger partial charge is 0.257 e. The normalized spacial score (nSPS) is 20.2. The number of morpholine rings is 1. The summed E-state index contributed by atoms with van der Waals surface area (Å²) in [5, 5.41) is 12.2. The van der Waals surface area contributed by atoms with Crippen molar-refractivity contribution >= 4 is 44.0 Å². The minimum absolute atomic E-state index is 0.0651. The maximum absolute atomic E-state index is 13.2. The van der Waals surface area contributed by atoms with Gasteiger partial charge in [-0.2, -0.15) is 4.31 Å². The van der Waals surface area contributed by atoms with E-state index in [1.165, 1.54) is 33.8 Å². The van der Waals surface area contributed by atoms with Crippen molar-refractivity contribution < 1.29 is 17.9 Å². The van der Waals surface area contributed by atoms with Crippen molar-refractivity contribution in [1.82, 2.24) is 14.5 Å². The molecule has 1 fully saturated rings. The lowest BCUT2D eigenvalue weighted by atomic mass is 10.1. The van der Waals surface area contributed by atoms with E-state index in [0.717, 1.165) is 17.8 Å². The summed E-state index contributed by atoms with van der Waals surface area (Å²) >= 11 is 7.55. The van der Waals surface area contributed by atoms with Gasteiger partial charge in [0, 0.05) is 24.6 Å². The summed E-state index contributed by atoms with van der Waals surface area (Å²) in [6.45, 7) is 8.26. The fourth-order valence-electron chi connectivity index (χ4n) is 3.57. The van der Waals surface area contributed by atoms with Crippen LogP contribution in [0.1, 0.15) is 61.8 Å². The van der Waals surface area contributed by atoms with Crippen molar-refractivity contribution in [2.75, 3.05) is 18.4 Å². The summed E-state index contributed by atoms with van der Waals surface area (Å²) in [5.74, 6) is -0.169. The Hall–Kier alpha value is -1.59. The van der Waals surface area contributed by atoms with Crippen LogP contribution >= 0.6 is 22.9 Å². The van der Waals surface area contributed by atoms with Crippen LogP contribution in [0.2, 0.25) is 5.02 Å². The van der Waals surface area contributed by atoms with E-state index in [4.69, 9.17) is 16.3 Å². The Labute approximate surface area is 192 Å². The second kappa shape index (κ2) is 9.91. The molecule has 1 aromatic carbocycles. The molecule has 2 atom stereocenters. The number of halogens is 1. The summed E-state index contributed by atoms with van der Waals surface area (Å²) in [7, 11) is -3.89. The molecule has 170 valence electrons. The maximum Gasteiger partial charge on any atom is 0.257 e. The van der Waals surface area contributed by atoms with Gasteiger partial charge >= 0.3 is 0 Å². The second-order valence-electron chi connectivity index (χ2n) is 7.64. The third kappa shape index (κ3) is 5.43. The Bertz CT molecular complexity index is 1030. The van der Waals surface area contributed by atoms with E-state index in [0.29, 0.717) is 11.0 Å². The molecule has 0 saturated carbocycles. The molecule has 8 nitrogen and oxygen atoms in total. The van der Waals surface area contributed by atoms with Crippen LogP contribution in [-0.2, 0) is 14.8 Å². The lowest BCUT2D eigenvalue weighted by Crippen LogP contribution is -2.48. The van der Waals surface area contributed by atoms with Crippen LogP contribution in [0.25, 0.3) is 0 Å². The van der Waals surface area contributed by atoms with Gasteiger partial charge in [0.25, 0.3) is 5.91 Å². The molecule has 0 spiro atoms. The zero-order valence-corrected chi connectivity index (χ0v) is 20.4. The van der Waals surface area contributed by atoms with Crippen molar-refractivity contribution in [3.63, 3.8) is 0 Å². The lowest BCUT2D eigenvalue weighted by Gasteiger charge is -2.34. The molecule has 1 saturated heterocycles. The molecule has 1 N–H and O–H groups in total. The highest BCUT2D eigenvalue weighted by atomic mass is 35.5. The molecule has 11 heteroatoms. The first-order chi connectivity index (χ1) is 14.6. The van der Waals surface area contributed by atoms with E-state index < -0.39 is 15.9 Å². The molecule has 0 aliphatic carbocycles. The highest BCUT2D eigenvalue weighted by Crippen LogP contribution is 2.30. The predicted molar refractivity (Wildman–Crippen MR) is 121 cm³/mol. The van der Waals surface area contributed by atoms with Gasteiger partial charge in [-0.05, 0) is 44.9 Å². The zero-order chi connectivity index (χ0) is 22.8. The van der Waals surface area contributed by atoms with Crippen LogP contribution in [0.5, 0.6) is 0 Å². The standard InChI is InChI=1S/C20H27ClN4O4S2/c1-5-14(6-2)19-23-24-20(30-19)22-18(26)15-7-8-16(21)17(9-15)31(27,28)25-10-12(3)29-13(4)11-25/h7-9,12-14H,5-6,10-11H2,1-4H3,(H,22,24,26). The average molecular weight is 487 g/mol. The maximum atomic E-state index is 13.2. The molecule has 1 aliphatic heterocycles. The molecule has 0 bridgehead atoms. The Balaban J connectivity index is 1.83. The second-order valence-corrected chi connectivity index (χ2v) is 11.0. The van der Waals surface area contributed by atoms with Crippen LogP contribution in [-0.4, -0.2) is 54.1 Å².